The lowest BCUT2D eigenvalue weighted by Gasteiger charge is -2.53. The minimum Gasteiger partial charge on any atom is -0.399 e. The molecule has 2 aromatic carbocycles. The quantitative estimate of drug-likeness (QED) is 0.758. The Morgan fingerprint density at radius 1 is 1.25 bits per heavy atom. The number of aliphatic imine (C=N–C) groups is 1. The lowest BCUT2D eigenvalue weighted by Crippen LogP contribution is -2.56. The molecule has 0 unspecified atom stereocenters. The summed E-state index contributed by atoms with van der Waals surface area (Å²) in [5.74, 6) is 0.701. The third kappa shape index (κ3) is 3.31. The fourth-order valence-electron chi connectivity index (χ4n) is 4.19. The standard InChI is InChI=1S/C22H25N3O2S/c1-15-12-21(2)14-28-20(24-19(26)16-7-4-3-5-8-16)25-22(21,13-27-15)17-9-6-10-18(23)11-17/h3-11,15H,12-14,23H2,1-2H3,(H,24,25,26)/t15-,21-,22+/m0/s1. The van der Waals surface area contributed by atoms with Crippen LogP contribution in [0.1, 0.15) is 36.2 Å². The molecule has 1 saturated heterocycles. The second-order valence-corrected chi connectivity index (χ2v) is 8.86. The molecule has 2 heterocycles. The highest BCUT2D eigenvalue weighted by Gasteiger charge is 2.55. The number of nitrogens with two attached hydrogens (primary N) is 1. The predicted octanol–water partition coefficient (Wildman–Crippen LogP) is 3.81. The van der Waals surface area contributed by atoms with Crippen molar-refractivity contribution in [2.45, 2.75) is 31.9 Å². The first kappa shape index (κ1) is 19.0. The lowest BCUT2D eigenvalue weighted by molar-refractivity contribution is -0.0862. The molecule has 0 aliphatic carbocycles. The number of anilines is 1. The predicted molar refractivity (Wildman–Crippen MR) is 114 cm³/mol. The minimum atomic E-state index is -0.570. The summed E-state index contributed by atoms with van der Waals surface area (Å²) in [6.07, 6.45) is 1.08. The van der Waals surface area contributed by atoms with Gasteiger partial charge in [0.1, 0.15) is 5.54 Å². The monoisotopic (exact) mass is 395 g/mol. The van der Waals surface area contributed by atoms with Crippen LogP contribution in [-0.2, 0) is 10.3 Å². The summed E-state index contributed by atoms with van der Waals surface area (Å²) < 4.78 is 6.08. The number of thioether (sulfide) groups is 1. The normalized spacial score (nSPS) is 29.5. The van der Waals surface area contributed by atoms with Crippen molar-refractivity contribution in [2.24, 2.45) is 10.4 Å². The SMILES string of the molecule is C[C@H]1C[C@@]2(C)CSC(NC(=O)c3ccccc3)=N[C@@]2(c2cccc(N)c2)CO1. The second kappa shape index (κ2) is 7.26. The zero-order chi connectivity index (χ0) is 19.8. The smallest absolute Gasteiger partial charge is 0.257 e. The van der Waals surface area contributed by atoms with Gasteiger partial charge < -0.3 is 15.8 Å². The van der Waals surface area contributed by atoms with Gasteiger partial charge in [-0.05, 0) is 43.2 Å². The molecule has 2 aliphatic rings. The average Bonchev–Trinajstić information content (AvgIpc) is 2.69. The van der Waals surface area contributed by atoms with Crippen LogP contribution < -0.4 is 11.1 Å². The van der Waals surface area contributed by atoms with Crippen LogP contribution in [0.15, 0.2) is 59.6 Å². The van der Waals surface area contributed by atoms with Crippen LogP contribution in [-0.4, -0.2) is 29.5 Å². The highest BCUT2D eigenvalue weighted by atomic mass is 32.2. The number of carbonyl (C=O) groups excluding carboxylic acids is 1. The number of hydrogen-bond donors (Lipinski definition) is 2. The summed E-state index contributed by atoms with van der Waals surface area (Å²) in [7, 11) is 0. The van der Waals surface area contributed by atoms with Crippen molar-refractivity contribution in [1.82, 2.24) is 5.32 Å². The number of nitrogens with one attached hydrogen (secondary N) is 1. The molecule has 6 heteroatoms. The first-order valence-electron chi connectivity index (χ1n) is 9.49. The number of nitrogen functional groups attached to an aromatic ring is 1. The summed E-state index contributed by atoms with van der Waals surface area (Å²) in [5.41, 5.74) is 7.78. The number of amides is 1. The number of nitrogens with zero attached hydrogens (tertiary/aromatic N) is 1. The van der Waals surface area contributed by atoms with Crippen LogP contribution in [0, 0.1) is 5.41 Å². The van der Waals surface area contributed by atoms with Crippen LogP contribution >= 0.6 is 11.8 Å². The molecule has 0 aromatic heterocycles. The Hall–Kier alpha value is -2.31. The van der Waals surface area contributed by atoms with E-state index in [-0.39, 0.29) is 17.4 Å². The molecule has 5 nitrogen and oxygen atoms in total. The number of fused-ring (bicyclic) bond motifs is 1. The molecular weight excluding hydrogens is 370 g/mol. The first-order valence-corrected chi connectivity index (χ1v) is 10.5. The summed E-state index contributed by atoms with van der Waals surface area (Å²) in [5, 5.41) is 3.62. The van der Waals surface area contributed by atoms with Gasteiger partial charge in [-0.25, -0.2) is 4.99 Å². The Kier molecular flexibility index (Phi) is 4.93. The molecule has 0 saturated carbocycles. The van der Waals surface area contributed by atoms with Crippen molar-refractivity contribution in [2.75, 3.05) is 18.1 Å². The molecule has 3 N–H and O–H groups in total. The maximum atomic E-state index is 12.6. The molecule has 4 rings (SSSR count). The van der Waals surface area contributed by atoms with Crippen molar-refractivity contribution >= 4 is 28.5 Å². The van der Waals surface area contributed by atoms with Crippen molar-refractivity contribution < 1.29 is 9.53 Å². The fourth-order valence-corrected chi connectivity index (χ4v) is 5.39. The molecule has 146 valence electrons. The van der Waals surface area contributed by atoms with Crippen molar-refractivity contribution in [3.05, 3.63) is 65.7 Å². The van der Waals surface area contributed by atoms with E-state index >= 15 is 0 Å². The maximum absolute atomic E-state index is 12.6. The van der Waals surface area contributed by atoms with Gasteiger partial charge in [-0.3, -0.25) is 4.79 Å². The zero-order valence-corrected chi connectivity index (χ0v) is 17.0. The van der Waals surface area contributed by atoms with Gasteiger partial charge in [-0.2, -0.15) is 0 Å². The van der Waals surface area contributed by atoms with E-state index in [0.717, 1.165) is 17.7 Å². The van der Waals surface area contributed by atoms with Crippen molar-refractivity contribution in [3.8, 4) is 0 Å². The van der Waals surface area contributed by atoms with Gasteiger partial charge in [-0.1, -0.05) is 49.0 Å². The Balaban J connectivity index is 1.73. The van der Waals surface area contributed by atoms with Gasteiger partial charge in [0.2, 0.25) is 0 Å². The first-order chi connectivity index (χ1) is 13.4. The van der Waals surface area contributed by atoms with E-state index in [9.17, 15) is 4.79 Å². The van der Waals surface area contributed by atoms with E-state index in [1.807, 2.05) is 36.4 Å². The van der Waals surface area contributed by atoms with E-state index in [1.165, 1.54) is 0 Å². The number of benzene rings is 2. The highest BCUT2D eigenvalue weighted by molar-refractivity contribution is 8.14. The molecule has 3 atom stereocenters. The largest absolute Gasteiger partial charge is 0.399 e. The zero-order valence-electron chi connectivity index (χ0n) is 16.1. The van der Waals surface area contributed by atoms with Gasteiger partial charge in [0.15, 0.2) is 5.17 Å². The number of carbonyl (C=O) groups is 1. The Labute approximate surface area is 169 Å². The minimum absolute atomic E-state index is 0.0932. The Morgan fingerprint density at radius 3 is 2.79 bits per heavy atom. The molecule has 2 aliphatic heterocycles. The van der Waals surface area contributed by atoms with Crippen LogP contribution in [0.4, 0.5) is 5.69 Å². The Morgan fingerprint density at radius 2 is 2.04 bits per heavy atom. The number of ether oxygens (including phenoxy) is 1. The van der Waals surface area contributed by atoms with Gasteiger partial charge >= 0.3 is 0 Å². The van der Waals surface area contributed by atoms with Crippen molar-refractivity contribution in [1.29, 1.82) is 0 Å². The molecule has 1 amide bonds. The van der Waals surface area contributed by atoms with E-state index in [4.69, 9.17) is 15.5 Å². The number of rotatable bonds is 2. The summed E-state index contributed by atoms with van der Waals surface area (Å²) >= 11 is 1.60. The van der Waals surface area contributed by atoms with E-state index < -0.39 is 5.54 Å². The summed E-state index contributed by atoms with van der Waals surface area (Å²) in [6.45, 7) is 4.84. The second-order valence-electron chi connectivity index (χ2n) is 7.90. The average molecular weight is 396 g/mol. The van der Waals surface area contributed by atoms with Gasteiger partial charge in [0.05, 0.1) is 12.7 Å². The topological polar surface area (TPSA) is 76.7 Å². The fraction of sp³-hybridized carbons (Fsp3) is 0.364. The molecular formula is C22H25N3O2S. The summed E-state index contributed by atoms with van der Waals surface area (Å²) in [6, 6.07) is 17.1. The molecule has 1 fully saturated rings. The highest BCUT2D eigenvalue weighted by Crippen LogP contribution is 2.54. The van der Waals surface area contributed by atoms with Gasteiger partial charge in [-0.15, -0.1) is 0 Å². The summed E-state index contributed by atoms with van der Waals surface area (Å²) in [4.78, 5) is 17.7. The number of hydrogen-bond acceptors (Lipinski definition) is 5. The van der Waals surface area contributed by atoms with E-state index in [1.54, 1.807) is 23.9 Å². The maximum Gasteiger partial charge on any atom is 0.257 e. The van der Waals surface area contributed by atoms with Crippen LogP contribution in [0.25, 0.3) is 0 Å². The van der Waals surface area contributed by atoms with Crippen LogP contribution in [0.3, 0.4) is 0 Å². The van der Waals surface area contributed by atoms with Gasteiger partial charge in [0, 0.05) is 22.4 Å². The third-order valence-corrected chi connectivity index (χ3v) is 7.00. The third-order valence-electron chi connectivity index (χ3n) is 5.75. The molecule has 0 bridgehead atoms. The number of amidine groups is 1. The van der Waals surface area contributed by atoms with E-state index in [0.29, 0.717) is 23.0 Å². The van der Waals surface area contributed by atoms with Crippen LogP contribution in [0.5, 0.6) is 0 Å². The Bertz CT molecular complexity index is 917. The molecule has 0 radical (unpaired) electrons. The van der Waals surface area contributed by atoms with E-state index in [2.05, 4.69) is 25.2 Å². The molecule has 2 aromatic rings. The van der Waals surface area contributed by atoms with Crippen molar-refractivity contribution in [3.63, 3.8) is 0 Å². The van der Waals surface area contributed by atoms with Gasteiger partial charge in [0.25, 0.3) is 5.91 Å². The van der Waals surface area contributed by atoms with Crippen LogP contribution in [0.2, 0.25) is 0 Å². The lowest BCUT2D eigenvalue weighted by atomic mass is 9.64. The molecule has 28 heavy (non-hydrogen) atoms. The molecule has 0 spiro atoms.